The van der Waals surface area contributed by atoms with Crippen LogP contribution in [-0.2, 0) is 19.2 Å². The van der Waals surface area contributed by atoms with Gasteiger partial charge < -0.3 is 44.0 Å². The third-order valence-electron chi connectivity index (χ3n) is 5.54. The second-order valence-corrected chi connectivity index (χ2v) is 10.1. The zero-order chi connectivity index (χ0) is 28.5. The number of carbonyl (C=O) groups excluding carboxylic acids is 3. The smallest absolute Gasteiger partial charge is 0.326 e. The van der Waals surface area contributed by atoms with Crippen LogP contribution in [0.2, 0.25) is 0 Å². The number of nitrogens with two attached hydrogens (primary N) is 4. The van der Waals surface area contributed by atoms with Crippen molar-refractivity contribution in [2.45, 2.75) is 96.8 Å². The number of aliphatic imine (C=N–C) groups is 1. The van der Waals surface area contributed by atoms with E-state index in [4.69, 9.17) is 22.9 Å². The van der Waals surface area contributed by atoms with Crippen molar-refractivity contribution in [2.75, 3.05) is 13.1 Å². The van der Waals surface area contributed by atoms with Crippen LogP contribution in [0.3, 0.4) is 0 Å². The summed E-state index contributed by atoms with van der Waals surface area (Å²) in [7, 11) is 0. The Kier molecular flexibility index (Phi) is 16.9. The molecule has 4 atom stereocenters. The van der Waals surface area contributed by atoms with E-state index in [1.54, 1.807) is 0 Å². The van der Waals surface area contributed by atoms with Crippen molar-refractivity contribution in [2.24, 2.45) is 39.8 Å². The fourth-order valence-corrected chi connectivity index (χ4v) is 3.66. The Morgan fingerprint density at radius 1 is 0.757 bits per heavy atom. The molecular formula is C24H48N8O5. The molecule has 0 saturated heterocycles. The van der Waals surface area contributed by atoms with Gasteiger partial charge in [-0.3, -0.25) is 19.4 Å². The summed E-state index contributed by atoms with van der Waals surface area (Å²) in [5, 5.41) is 17.5. The van der Waals surface area contributed by atoms with Gasteiger partial charge >= 0.3 is 5.97 Å². The van der Waals surface area contributed by atoms with Gasteiger partial charge in [-0.1, -0.05) is 27.7 Å². The van der Waals surface area contributed by atoms with Crippen molar-refractivity contribution in [1.82, 2.24) is 16.0 Å². The van der Waals surface area contributed by atoms with Gasteiger partial charge in [-0.05, 0) is 63.3 Å². The van der Waals surface area contributed by atoms with Crippen molar-refractivity contribution in [1.29, 1.82) is 0 Å². The molecule has 3 amide bonds. The molecule has 13 heteroatoms. The number of nitrogens with one attached hydrogen (secondary N) is 3. The third-order valence-corrected chi connectivity index (χ3v) is 5.54. The van der Waals surface area contributed by atoms with Crippen LogP contribution in [0.15, 0.2) is 4.99 Å². The number of carboxylic acid groups (broad SMARTS) is 1. The Balaban J connectivity index is 5.49. The number of rotatable bonds is 19. The first kappa shape index (κ1) is 34.1. The van der Waals surface area contributed by atoms with E-state index < -0.39 is 47.9 Å². The Morgan fingerprint density at radius 3 is 1.78 bits per heavy atom. The molecule has 0 heterocycles. The minimum Gasteiger partial charge on any atom is -0.480 e. The molecule has 0 fully saturated rings. The van der Waals surface area contributed by atoms with Crippen LogP contribution in [0.25, 0.3) is 0 Å². The first-order valence-electron chi connectivity index (χ1n) is 12.9. The van der Waals surface area contributed by atoms with Gasteiger partial charge in [-0.25, -0.2) is 4.79 Å². The van der Waals surface area contributed by atoms with Crippen LogP contribution >= 0.6 is 0 Å². The fraction of sp³-hybridized carbons (Fsp3) is 0.792. The molecule has 0 radical (unpaired) electrons. The SMILES string of the molecule is CC(C)CC(N)C(=O)NC(CC(C)C)C(=O)NC(CCCCN)C(=O)NC(CCCN=C(N)N)C(=O)O. The lowest BCUT2D eigenvalue weighted by molar-refractivity contribution is -0.142. The van der Waals surface area contributed by atoms with Crippen LogP contribution < -0.4 is 38.9 Å². The number of hydrogen-bond donors (Lipinski definition) is 8. The Hall–Kier alpha value is -2.93. The molecule has 0 saturated carbocycles. The van der Waals surface area contributed by atoms with E-state index in [9.17, 15) is 24.3 Å². The number of hydrogen-bond acceptors (Lipinski definition) is 7. The largest absolute Gasteiger partial charge is 0.480 e. The summed E-state index contributed by atoms with van der Waals surface area (Å²) in [5.74, 6) is -2.65. The zero-order valence-corrected chi connectivity index (χ0v) is 22.7. The molecule has 0 aromatic carbocycles. The van der Waals surface area contributed by atoms with Gasteiger partial charge in [0.2, 0.25) is 17.7 Å². The van der Waals surface area contributed by atoms with Gasteiger partial charge in [0.25, 0.3) is 0 Å². The highest BCUT2D eigenvalue weighted by molar-refractivity contribution is 5.94. The molecule has 13 nitrogen and oxygen atoms in total. The number of amides is 3. The van der Waals surface area contributed by atoms with E-state index in [1.165, 1.54) is 0 Å². The average molecular weight is 529 g/mol. The molecule has 4 unspecified atom stereocenters. The third kappa shape index (κ3) is 15.7. The molecule has 0 spiro atoms. The number of carboxylic acids is 1. The average Bonchev–Trinajstić information content (AvgIpc) is 2.78. The maximum absolute atomic E-state index is 13.2. The predicted octanol–water partition coefficient (Wildman–Crippen LogP) is -0.872. The summed E-state index contributed by atoms with van der Waals surface area (Å²) in [5.41, 5.74) is 22.1. The monoisotopic (exact) mass is 528 g/mol. The molecule has 12 N–H and O–H groups in total. The van der Waals surface area contributed by atoms with Crippen LogP contribution in [-0.4, -0.2) is 72.0 Å². The van der Waals surface area contributed by atoms with Gasteiger partial charge in [0, 0.05) is 6.54 Å². The summed E-state index contributed by atoms with van der Waals surface area (Å²) in [6.45, 7) is 8.33. The summed E-state index contributed by atoms with van der Waals surface area (Å²) < 4.78 is 0. The number of aliphatic carboxylic acids is 1. The summed E-state index contributed by atoms with van der Waals surface area (Å²) in [4.78, 5) is 54.3. The fourth-order valence-electron chi connectivity index (χ4n) is 3.66. The van der Waals surface area contributed by atoms with E-state index in [0.717, 1.165) is 0 Å². The molecule has 0 bridgehead atoms. The first-order valence-corrected chi connectivity index (χ1v) is 12.9. The maximum atomic E-state index is 13.2. The Labute approximate surface area is 219 Å². The van der Waals surface area contributed by atoms with Crippen molar-refractivity contribution in [3.05, 3.63) is 0 Å². The summed E-state index contributed by atoms with van der Waals surface area (Å²) >= 11 is 0. The van der Waals surface area contributed by atoms with Gasteiger partial charge in [-0.2, -0.15) is 0 Å². The lowest BCUT2D eigenvalue weighted by atomic mass is 10.00. The van der Waals surface area contributed by atoms with Crippen LogP contribution in [0.4, 0.5) is 0 Å². The van der Waals surface area contributed by atoms with E-state index in [1.807, 2.05) is 27.7 Å². The topological polar surface area (TPSA) is 241 Å². The number of guanidine groups is 1. The molecule has 214 valence electrons. The van der Waals surface area contributed by atoms with Crippen molar-refractivity contribution in [3.8, 4) is 0 Å². The molecule has 0 aliphatic carbocycles. The van der Waals surface area contributed by atoms with Gasteiger partial charge in [-0.15, -0.1) is 0 Å². The molecule has 37 heavy (non-hydrogen) atoms. The van der Waals surface area contributed by atoms with E-state index in [0.29, 0.717) is 38.6 Å². The minimum atomic E-state index is -1.21. The maximum Gasteiger partial charge on any atom is 0.326 e. The lowest BCUT2D eigenvalue weighted by Gasteiger charge is -2.26. The van der Waals surface area contributed by atoms with E-state index in [2.05, 4.69) is 20.9 Å². The molecular weight excluding hydrogens is 480 g/mol. The van der Waals surface area contributed by atoms with Gasteiger partial charge in [0.1, 0.15) is 18.1 Å². The van der Waals surface area contributed by atoms with Crippen LogP contribution in [0.1, 0.15) is 72.6 Å². The second kappa shape index (κ2) is 18.3. The van der Waals surface area contributed by atoms with Crippen molar-refractivity contribution >= 4 is 29.7 Å². The summed E-state index contributed by atoms with van der Waals surface area (Å²) in [6.07, 6.45) is 2.65. The van der Waals surface area contributed by atoms with Crippen LogP contribution in [0, 0.1) is 11.8 Å². The highest BCUT2D eigenvalue weighted by Gasteiger charge is 2.30. The Morgan fingerprint density at radius 2 is 1.27 bits per heavy atom. The quantitative estimate of drug-likeness (QED) is 0.0589. The molecule has 0 rings (SSSR count). The number of unbranched alkanes of at least 4 members (excludes halogenated alkanes) is 1. The number of nitrogens with zero attached hydrogens (tertiary/aromatic N) is 1. The lowest BCUT2D eigenvalue weighted by Crippen LogP contribution is -2.57. The molecule has 0 aliphatic heterocycles. The van der Waals surface area contributed by atoms with E-state index >= 15 is 0 Å². The normalized spacial score (nSPS) is 14.4. The summed E-state index contributed by atoms with van der Waals surface area (Å²) in [6, 6.07) is -3.85. The zero-order valence-electron chi connectivity index (χ0n) is 22.7. The highest BCUT2D eigenvalue weighted by atomic mass is 16.4. The molecule has 0 aromatic heterocycles. The van der Waals surface area contributed by atoms with Gasteiger partial charge in [0.15, 0.2) is 5.96 Å². The van der Waals surface area contributed by atoms with E-state index in [-0.39, 0.29) is 37.2 Å². The highest BCUT2D eigenvalue weighted by Crippen LogP contribution is 2.10. The van der Waals surface area contributed by atoms with Gasteiger partial charge in [0.05, 0.1) is 6.04 Å². The molecule has 0 aliphatic rings. The first-order chi connectivity index (χ1) is 17.3. The van der Waals surface area contributed by atoms with Crippen molar-refractivity contribution < 1.29 is 24.3 Å². The predicted molar refractivity (Wildman–Crippen MR) is 143 cm³/mol. The molecule has 0 aromatic rings. The van der Waals surface area contributed by atoms with Crippen molar-refractivity contribution in [3.63, 3.8) is 0 Å². The Bertz CT molecular complexity index is 755. The standard InChI is InChI=1S/C24H48N8O5/c1-14(2)12-16(26)20(33)32-19(13-15(3)4)22(35)30-17(8-5-6-10-25)21(34)31-18(23(36)37)9-7-11-29-24(27)28/h14-19H,5-13,25-26H2,1-4H3,(H,30,35)(H,31,34)(H,32,33)(H,36,37)(H4,27,28,29). The minimum absolute atomic E-state index is 0.0727. The second-order valence-electron chi connectivity index (χ2n) is 10.1. The number of carbonyl (C=O) groups is 4. The van der Waals surface area contributed by atoms with Crippen LogP contribution in [0.5, 0.6) is 0 Å².